The van der Waals surface area contributed by atoms with E-state index >= 15 is 0 Å². The number of benzene rings is 1. The van der Waals surface area contributed by atoms with Crippen LogP contribution >= 0.6 is 0 Å². The van der Waals surface area contributed by atoms with E-state index in [0.717, 1.165) is 5.56 Å². The minimum absolute atomic E-state index is 0.260. The summed E-state index contributed by atoms with van der Waals surface area (Å²) in [5.74, 6) is 0.334. The van der Waals surface area contributed by atoms with Crippen LogP contribution < -0.4 is 5.32 Å². The highest BCUT2D eigenvalue weighted by Crippen LogP contribution is 2.09. The van der Waals surface area contributed by atoms with Gasteiger partial charge in [-0.3, -0.25) is 4.79 Å². The van der Waals surface area contributed by atoms with Gasteiger partial charge in [-0.2, -0.15) is 0 Å². The average molecular weight is 277 g/mol. The minimum Gasteiger partial charge on any atom is -0.453 e. The maximum absolute atomic E-state index is 12.7. The molecule has 1 aromatic heterocycles. The van der Waals surface area contributed by atoms with Crippen molar-refractivity contribution in [3.8, 4) is 0 Å². The number of ether oxygens (including phenoxy) is 1. The monoisotopic (exact) mass is 277 g/mol. The highest BCUT2D eigenvalue weighted by atomic mass is 19.1. The molecule has 20 heavy (non-hydrogen) atoms. The van der Waals surface area contributed by atoms with E-state index in [4.69, 9.17) is 9.15 Å². The second-order valence-electron chi connectivity index (χ2n) is 4.33. The fourth-order valence-electron chi connectivity index (χ4n) is 1.78. The molecule has 0 spiro atoms. The second-order valence-corrected chi connectivity index (χ2v) is 4.33. The van der Waals surface area contributed by atoms with E-state index in [-0.39, 0.29) is 17.5 Å². The van der Waals surface area contributed by atoms with Crippen LogP contribution in [0.25, 0.3) is 0 Å². The molecule has 4 nitrogen and oxygen atoms in total. The summed E-state index contributed by atoms with van der Waals surface area (Å²) in [6, 6.07) is 9.53. The third-order valence-corrected chi connectivity index (χ3v) is 2.78. The molecule has 0 saturated carbocycles. The molecule has 2 rings (SSSR count). The van der Waals surface area contributed by atoms with Gasteiger partial charge >= 0.3 is 0 Å². The Morgan fingerprint density at radius 2 is 2.00 bits per heavy atom. The van der Waals surface area contributed by atoms with Gasteiger partial charge in [0.15, 0.2) is 5.76 Å². The van der Waals surface area contributed by atoms with E-state index in [2.05, 4.69) is 5.32 Å². The Hall–Kier alpha value is -2.14. The maximum atomic E-state index is 12.7. The quantitative estimate of drug-likeness (QED) is 0.882. The second kappa shape index (κ2) is 6.86. The maximum Gasteiger partial charge on any atom is 0.287 e. The lowest BCUT2D eigenvalue weighted by Crippen LogP contribution is -2.25. The zero-order valence-corrected chi connectivity index (χ0v) is 11.2. The largest absolute Gasteiger partial charge is 0.453 e. The number of furan rings is 1. The van der Waals surface area contributed by atoms with Crippen molar-refractivity contribution >= 4 is 5.91 Å². The number of methoxy groups -OCH3 is 1. The van der Waals surface area contributed by atoms with E-state index < -0.39 is 0 Å². The number of amides is 1. The Labute approximate surface area is 116 Å². The summed E-state index contributed by atoms with van der Waals surface area (Å²) in [6.45, 7) is 0.799. The molecule has 0 saturated heterocycles. The molecule has 5 heteroatoms. The van der Waals surface area contributed by atoms with Gasteiger partial charge in [-0.05, 0) is 36.2 Å². The molecule has 0 atom stereocenters. The first-order valence-electron chi connectivity index (χ1n) is 6.29. The van der Waals surface area contributed by atoms with Crippen molar-refractivity contribution in [2.45, 2.75) is 13.0 Å². The van der Waals surface area contributed by atoms with Crippen molar-refractivity contribution in [2.24, 2.45) is 0 Å². The van der Waals surface area contributed by atoms with Crippen molar-refractivity contribution in [1.29, 1.82) is 0 Å². The van der Waals surface area contributed by atoms with Crippen LogP contribution in [0, 0.1) is 5.82 Å². The van der Waals surface area contributed by atoms with E-state index in [1.54, 1.807) is 31.4 Å². The van der Waals surface area contributed by atoms with E-state index in [1.165, 1.54) is 12.1 Å². The predicted octanol–water partition coefficient (Wildman–Crippen LogP) is 2.54. The molecule has 0 fully saturated rings. The van der Waals surface area contributed by atoms with Crippen molar-refractivity contribution in [2.75, 3.05) is 13.7 Å². The van der Waals surface area contributed by atoms with Crippen LogP contribution in [0.3, 0.4) is 0 Å². The lowest BCUT2D eigenvalue weighted by atomic mass is 10.1. The number of hydrogen-bond donors (Lipinski definition) is 1. The van der Waals surface area contributed by atoms with Crippen LogP contribution in [0.4, 0.5) is 4.39 Å². The van der Waals surface area contributed by atoms with Gasteiger partial charge < -0.3 is 14.5 Å². The van der Waals surface area contributed by atoms with Gasteiger partial charge in [-0.1, -0.05) is 12.1 Å². The standard InChI is InChI=1S/C15H16FNO3/c1-19-10-13-6-7-14(20-13)15(18)17-9-8-11-2-4-12(16)5-3-11/h2-7H,8-10H2,1H3,(H,17,18). The predicted molar refractivity (Wildman–Crippen MR) is 71.9 cm³/mol. The fourth-order valence-corrected chi connectivity index (χ4v) is 1.78. The van der Waals surface area contributed by atoms with Gasteiger partial charge in [0, 0.05) is 13.7 Å². The number of nitrogens with one attached hydrogen (secondary N) is 1. The molecule has 1 N–H and O–H groups in total. The third-order valence-electron chi connectivity index (χ3n) is 2.78. The number of carbonyl (C=O) groups is 1. The summed E-state index contributed by atoms with van der Waals surface area (Å²) in [5.41, 5.74) is 0.964. The first-order valence-corrected chi connectivity index (χ1v) is 6.29. The minimum atomic E-state index is -0.269. The molecule has 0 bridgehead atoms. The zero-order valence-electron chi connectivity index (χ0n) is 11.2. The molecule has 0 aliphatic heterocycles. The van der Waals surface area contributed by atoms with E-state index in [9.17, 15) is 9.18 Å². The van der Waals surface area contributed by atoms with Crippen molar-refractivity contribution in [3.63, 3.8) is 0 Å². The van der Waals surface area contributed by atoms with Crippen LogP contribution in [0.5, 0.6) is 0 Å². The van der Waals surface area contributed by atoms with Crippen LogP contribution in [0.15, 0.2) is 40.8 Å². The lowest BCUT2D eigenvalue weighted by molar-refractivity contribution is 0.0917. The van der Waals surface area contributed by atoms with Gasteiger partial charge in [0.25, 0.3) is 5.91 Å². The summed E-state index contributed by atoms with van der Waals surface area (Å²) >= 11 is 0. The Bertz CT molecular complexity index is 563. The zero-order chi connectivity index (χ0) is 14.4. The lowest BCUT2D eigenvalue weighted by Gasteiger charge is -2.03. The molecular formula is C15H16FNO3. The van der Waals surface area contributed by atoms with E-state index in [1.807, 2.05) is 0 Å². The third kappa shape index (κ3) is 3.93. The molecule has 1 aromatic carbocycles. The molecule has 0 aliphatic carbocycles. The van der Waals surface area contributed by atoms with Gasteiger partial charge in [-0.25, -0.2) is 4.39 Å². The Balaban J connectivity index is 1.81. The number of hydrogen-bond acceptors (Lipinski definition) is 3. The summed E-state index contributed by atoms with van der Waals surface area (Å²) in [5, 5.41) is 2.75. The summed E-state index contributed by atoms with van der Waals surface area (Å²) in [4.78, 5) is 11.8. The number of carbonyl (C=O) groups excluding carboxylic acids is 1. The number of rotatable bonds is 6. The Morgan fingerprint density at radius 1 is 1.25 bits per heavy atom. The van der Waals surface area contributed by atoms with Crippen molar-refractivity contribution in [3.05, 3.63) is 59.3 Å². The fraction of sp³-hybridized carbons (Fsp3) is 0.267. The molecule has 106 valence electrons. The van der Waals surface area contributed by atoms with Crippen LogP contribution in [0.2, 0.25) is 0 Å². The topological polar surface area (TPSA) is 51.5 Å². The van der Waals surface area contributed by atoms with Gasteiger partial charge in [-0.15, -0.1) is 0 Å². The Kier molecular flexibility index (Phi) is 4.90. The van der Waals surface area contributed by atoms with Crippen LogP contribution in [-0.2, 0) is 17.8 Å². The van der Waals surface area contributed by atoms with Crippen molar-refractivity contribution in [1.82, 2.24) is 5.32 Å². The summed E-state index contributed by atoms with van der Waals surface area (Å²) in [6.07, 6.45) is 0.637. The SMILES string of the molecule is COCc1ccc(C(=O)NCCc2ccc(F)cc2)o1. The highest BCUT2D eigenvalue weighted by molar-refractivity contribution is 5.91. The van der Waals surface area contributed by atoms with Gasteiger partial charge in [0.05, 0.1) is 0 Å². The molecule has 2 aromatic rings. The van der Waals surface area contributed by atoms with E-state index in [0.29, 0.717) is 25.3 Å². The molecule has 0 radical (unpaired) electrons. The smallest absolute Gasteiger partial charge is 0.287 e. The molecule has 0 aliphatic rings. The normalized spacial score (nSPS) is 10.5. The first kappa shape index (κ1) is 14.3. The summed E-state index contributed by atoms with van der Waals surface area (Å²) < 4.78 is 23.0. The van der Waals surface area contributed by atoms with Gasteiger partial charge in [0.2, 0.25) is 0 Å². The molecule has 0 unspecified atom stereocenters. The highest BCUT2D eigenvalue weighted by Gasteiger charge is 2.10. The molecule has 1 amide bonds. The molecular weight excluding hydrogens is 261 g/mol. The summed E-state index contributed by atoms with van der Waals surface area (Å²) in [7, 11) is 1.56. The van der Waals surface area contributed by atoms with Crippen LogP contribution in [-0.4, -0.2) is 19.6 Å². The number of halogens is 1. The van der Waals surface area contributed by atoms with Crippen LogP contribution in [0.1, 0.15) is 21.9 Å². The van der Waals surface area contributed by atoms with Crippen molar-refractivity contribution < 1.29 is 18.3 Å². The average Bonchev–Trinajstić information content (AvgIpc) is 2.90. The van der Waals surface area contributed by atoms with Gasteiger partial charge in [0.1, 0.15) is 18.2 Å². The first-order chi connectivity index (χ1) is 9.69. The Morgan fingerprint density at radius 3 is 2.70 bits per heavy atom. The molecule has 1 heterocycles.